The van der Waals surface area contributed by atoms with Gasteiger partial charge in [-0.3, -0.25) is 4.79 Å². The van der Waals surface area contributed by atoms with Crippen LogP contribution >= 0.6 is 0 Å². The van der Waals surface area contributed by atoms with Crippen molar-refractivity contribution in [1.82, 2.24) is 31.0 Å². The van der Waals surface area contributed by atoms with Crippen molar-refractivity contribution in [3.05, 3.63) is 47.3 Å². The van der Waals surface area contributed by atoms with Gasteiger partial charge in [-0.2, -0.15) is 0 Å². The molecule has 3 N–H and O–H groups in total. The van der Waals surface area contributed by atoms with Gasteiger partial charge in [0.25, 0.3) is 5.91 Å². The number of nitrogens with zero attached hydrogens (tertiary/aromatic N) is 5. The van der Waals surface area contributed by atoms with Gasteiger partial charge < -0.3 is 20.5 Å². The van der Waals surface area contributed by atoms with E-state index in [2.05, 4.69) is 56.8 Å². The minimum absolute atomic E-state index is 0.0648. The standard InChI is InChI=1S/C26H38N8O/c1-6-12-27-26(35)22-9-7-8-21(17-22)10-11-23-29-24(28-20(4)32-31-19(2)3)18-25(30-23)34-15-13-33(5)14-16-34/h7-11,17-19,31H,6,12-16H2,1-5H3,(H,27,35)(H,28,29,30,32)/b11-10+. The van der Waals surface area contributed by atoms with E-state index in [0.29, 0.717) is 23.8 Å². The van der Waals surface area contributed by atoms with E-state index in [4.69, 9.17) is 4.98 Å². The van der Waals surface area contributed by atoms with Gasteiger partial charge in [0.05, 0.1) is 0 Å². The maximum absolute atomic E-state index is 12.3. The lowest BCUT2D eigenvalue weighted by molar-refractivity contribution is 0.0953. The summed E-state index contributed by atoms with van der Waals surface area (Å²) in [5.41, 5.74) is 7.80. The Morgan fingerprint density at radius 2 is 1.91 bits per heavy atom. The average Bonchev–Trinajstić information content (AvgIpc) is 2.85. The minimum Gasteiger partial charge on any atom is -0.354 e. The van der Waals surface area contributed by atoms with Gasteiger partial charge in [0.1, 0.15) is 11.7 Å². The Labute approximate surface area is 208 Å². The number of likely N-dealkylation sites (N-methyl/N-ethyl adjacent to an activating group) is 1. The second kappa shape index (κ2) is 13.0. The fraction of sp³-hybridized carbons (Fsp3) is 0.462. The SMILES string of the molecule is CCCNC(=O)c1cccc(/C=C/c2nc(/N=C(\C)NNC(C)C)cc(N3CCN(C)CC3)n2)c1. The predicted octanol–water partition coefficient (Wildman–Crippen LogP) is 3.09. The highest BCUT2D eigenvalue weighted by molar-refractivity contribution is 5.94. The van der Waals surface area contributed by atoms with Crippen LogP contribution in [0.15, 0.2) is 35.3 Å². The summed E-state index contributed by atoms with van der Waals surface area (Å²) in [4.78, 5) is 31.0. The second-order valence-electron chi connectivity index (χ2n) is 9.07. The fourth-order valence-corrected chi connectivity index (χ4v) is 3.51. The van der Waals surface area contributed by atoms with Crippen molar-refractivity contribution < 1.29 is 4.79 Å². The Morgan fingerprint density at radius 3 is 2.63 bits per heavy atom. The van der Waals surface area contributed by atoms with Crippen LogP contribution in [0.1, 0.15) is 55.9 Å². The molecule has 0 spiro atoms. The Morgan fingerprint density at radius 1 is 1.14 bits per heavy atom. The molecule has 1 aliphatic heterocycles. The van der Waals surface area contributed by atoms with Gasteiger partial charge in [-0.25, -0.2) is 20.4 Å². The highest BCUT2D eigenvalue weighted by Gasteiger charge is 2.17. The number of carbonyl (C=O) groups excluding carboxylic acids is 1. The molecule has 1 saturated heterocycles. The van der Waals surface area contributed by atoms with E-state index >= 15 is 0 Å². The number of nitrogens with one attached hydrogen (secondary N) is 3. The zero-order valence-corrected chi connectivity index (χ0v) is 21.5. The quantitative estimate of drug-likeness (QED) is 0.289. The molecule has 2 heterocycles. The van der Waals surface area contributed by atoms with E-state index in [9.17, 15) is 4.79 Å². The van der Waals surface area contributed by atoms with Crippen molar-refractivity contribution >= 4 is 35.5 Å². The molecular weight excluding hydrogens is 440 g/mol. The van der Waals surface area contributed by atoms with E-state index in [1.54, 1.807) is 0 Å². The molecule has 35 heavy (non-hydrogen) atoms. The van der Waals surface area contributed by atoms with Crippen molar-refractivity contribution in [3.63, 3.8) is 0 Å². The lowest BCUT2D eigenvalue weighted by Crippen LogP contribution is -2.44. The van der Waals surface area contributed by atoms with Gasteiger partial charge in [0.2, 0.25) is 0 Å². The third kappa shape index (κ3) is 8.45. The maximum atomic E-state index is 12.3. The van der Waals surface area contributed by atoms with Crippen molar-refractivity contribution in [3.8, 4) is 0 Å². The first-order valence-electron chi connectivity index (χ1n) is 12.3. The largest absolute Gasteiger partial charge is 0.354 e. The number of piperazine rings is 1. The molecular formula is C26H38N8O. The first-order valence-corrected chi connectivity index (χ1v) is 12.3. The van der Waals surface area contributed by atoms with Crippen LogP contribution in [0.5, 0.6) is 0 Å². The summed E-state index contributed by atoms with van der Waals surface area (Å²) < 4.78 is 0. The Kier molecular flexibility index (Phi) is 9.75. The van der Waals surface area contributed by atoms with Crippen LogP contribution in [0.3, 0.4) is 0 Å². The van der Waals surface area contributed by atoms with Gasteiger partial charge in [-0.05, 0) is 58.0 Å². The van der Waals surface area contributed by atoms with Crippen LogP contribution in [0.2, 0.25) is 0 Å². The molecule has 1 aliphatic rings. The summed E-state index contributed by atoms with van der Waals surface area (Å²) in [6, 6.07) is 9.75. The molecule has 9 heteroatoms. The molecule has 9 nitrogen and oxygen atoms in total. The summed E-state index contributed by atoms with van der Waals surface area (Å²) >= 11 is 0. The van der Waals surface area contributed by atoms with E-state index in [1.165, 1.54) is 0 Å². The summed E-state index contributed by atoms with van der Waals surface area (Å²) in [7, 11) is 2.13. The summed E-state index contributed by atoms with van der Waals surface area (Å²) in [5, 5.41) is 2.92. The third-order valence-corrected chi connectivity index (χ3v) is 5.48. The molecule has 0 saturated carbocycles. The second-order valence-corrected chi connectivity index (χ2v) is 9.07. The van der Waals surface area contributed by atoms with Gasteiger partial charge >= 0.3 is 0 Å². The fourth-order valence-electron chi connectivity index (χ4n) is 3.51. The first-order chi connectivity index (χ1) is 16.8. The Bertz CT molecular complexity index is 1040. The van der Waals surface area contributed by atoms with E-state index in [1.807, 2.05) is 56.3 Å². The van der Waals surface area contributed by atoms with Crippen LogP contribution < -0.4 is 21.1 Å². The summed E-state index contributed by atoms with van der Waals surface area (Å²) in [6.07, 6.45) is 4.70. The highest BCUT2D eigenvalue weighted by atomic mass is 16.1. The average molecular weight is 479 g/mol. The molecule has 0 bridgehead atoms. The topological polar surface area (TPSA) is 97.8 Å². The van der Waals surface area contributed by atoms with Gasteiger partial charge in [0.15, 0.2) is 11.6 Å². The molecule has 188 valence electrons. The van der Waals surface area contributed by atoms with E-state index in [-0.39, 0.29) is 11.9 Å². The monoisotopic (exact) mass is 478 g/mol. The Balaban J connectivity index is 1.86. The van der Waals surface area contributed by atoms with Gasteiger partial charge in [-0.15, -0.1) is 0 Å². The smallest absolute Gasteiger partial charge is 0.251 e. The molecule has 0 radical (unpaired) electrons. The number of benzene rings is 1. The van der Waals surface area contributed by atoms with Gasteiger partial charge in [-0.1, -0.05) is 25.1 Å². The maximum Gasteiger partial charge on any atom is 0.251 e. The van der Waals surface area contributed by atoms with Crippen LogP contribution in [-0.4, -0.2) is 72.4 Å². The van der Waals surface area contributed by atoms with Crippen molar-refractivity contribution in [2.45, 2.75) is 40.2 Å². The summed E-state index contributed by atoms with van der Waals surface area (Å²) in [5.74, 6) is 2.69. The first kappa shape index (κ1) is 26.3. The van der Waals surface area contributed by atoms with Crippen LogP contribution in [0, 0.1) is 0 Å². The number of aliphatic imine (C=N–C) groups is 1. The molecule has 1 aromatic heterocycles. The third-order valence-electron chi connectivity index (χ3n) is 5.48. The lowest BCUT2D eigenvalue weighted by Gasteiger charge is -2.33. The number of amides is 1. The van der Waals surface area contributed by atoms with Gasteiger partial charge in [0, 0.05) is 50.4 Å². The van der Waals surface area contributed by atoms with Crippen LogP contribution in [-0.2, 0) is 0 Å². The number of amidine groups is 1. The van der Waals surface area contributed by atoms with Crippen molar-refractivity contribution in [2.75, 3.05) is 44.7 Å². The molecule has 0 unspecified atom stereocenters. The molecule has 2 aromatic rings. The summed E-state index contributed by atoms with van der Waals surface area (Å²) in [6.45, 7) is 12.5. The molecule has 1 fully saturated rings. The molecule has 1 amide bonds. The molecule has 0 atom stereocenters. The number of hydrazine groups is 1. The highest BCUT2D eigenvalue weighted by Crippen LogP contribution is 2.21. The number of anilines is 1. The van der Waals surface area contributed by atoms with Crippen LogP contribution in [0.25, 0.3) is 12.2 Å². The number of hydrogen-bond acceptors (Lipinski definition) is 7. The number of rotatable bonds is 9. The number of carbonyl (C=O) groups is 1. The molecule has 1 aromatic carbocycles. The lowest BCUT2D eigenvalue weighted by atomic mass is 10.1. The normalized spacial score (nSPS) is 15.1. The van der Waals surface area contributed by atoms with Crippen molar-refractivity contribution in [1.29, 1.82) is 0 Å². The minimum atomic E-state index is -0.0648. The molecule has 3 rings (SSSR count). The zero-order valence-electron chi connectivity index (χ0n) is 21.5. The van der Waals surface area contributed by atoms with Crippen LogP contribution in [0.4, 0.5) is 11.6 Å². The van der Waals surface area contributed by atoms with E-state index < -0.39 is 0 Å². The Hall–Kier alpha value is -3.30. The van der Waals surface area contributed by atoms with E-state index in [0.717, 1.165) is 49.8 Å². The predicted molar refractivity (Wildman–Crippen MR) is 144 cm³/mol. The number of hydrogen-bond donors (Lipinski definition) is 3. The van der Waals surface area contributed by atoms with Crippen molar-refractivity contribution in [2.24, 2.45) is 4.99 Å². The number of aromatic nitrogens is 2. The zero-order chi connectivity index (χ0) is 25.2. The molecule has 0 aliphatic carbocycles.